The Morgan fingerprint density at radius 1 is 1.35 bits per heavy atom. The van der Waals surface area contributed by atoms with E-state index in [0.29, 0.717) is 12.1 Å². The van der Waals surface area contributed by atoms with E-state index in [0.717, 1.165) is 5.56 Å². The molecule has 0 atom stereocenters. The highest BCUT2D eigenvalue weighted by Crippen LogP contribution is 2.13. The first kappa shape index (κ1) is 13.0. The van der Waals surface area contributed by atoms with Crippen LogP contribution >= 0.6 is 0 Å². The van der Waals surface area contributed by atoms with E-state index >= 15 is 0 Å². The van der Waals surface area contributed by atoms with Gasteiger partial charge in [-0.2, -0.15) is 5.26 Å². The number of nitriles is 1. The molecule has 0 fully saturated rings. The lowest BCUT2D eigenvalue weighted by atomic mass is 10.1. The molecule has 1 aromatic rings. The molecule has 0 aliphatic carbocycles. The Morgan fingerprint density at radius 2 is 1.94 bits per heavy atom. The summed E-state index contributed by atoms with van der Waals surface area (Å²) in [5.41, 5.74) is 1.06. The zero-order valence-corrected chi connectivity index (χ0v) is 10.3. The molecule has 0 unspecified atom stereocenters. The van der Waals surface area contributed by atoms with Gasteiger partial charge in [0.15, 0.2) is 0 Å². The maximum absolute atomic E-state index is 11.5. The third kappa shape index (κ3) is 5.03. The maximum atomic E-state index is 11.5. The number of ether oxygens (including phenoxy) is 1. The fraction of sp³-hybridized carbons (Fsp3) is 0.385. The van der Waals surface area contributed by atoms with E-state index in [4.69, 9.17) is 10.00 Å². The number of hydrogen-bond donors (Lipinski definition) is 1. The molecule has 0 bridgehead atoms. The minimum absolute atomic E-state index is 0.368. The van der Waals surface area contributed by atoms with Crippen molar-refractivity contribution in [2.24, 2.45) is 0 Å². The van der Waals surface area contributed by atoms with E-state index in [2.05, 4.69) is 11.4 Å². The number of carbonyl (C=O) groups excluding carboxylic acids is 1. The third-order valence-electron chi connectivity index (χ3n) is 1.88. The first-order valence-electron chi connectivity index (χ1n) is 5.36. The van der Waals surface area contributed by atoms with Gasteiger partial charge in [0, 0.05) is 5.69 Å². The molecule has 17 heavy (non-hydrogen) atoms. The average Bonchev–Trinajstić information content (AvgIpc) is 2.18. The van der Waals surface area contributed by atoms with Gasteiger partial charge < -0.3 is 4.74 Å². The van der Waals surface area contributed by atoms with Gasteiger partial charge in [0.1, 0.15) is 5.60 Å². The summed E-state index contributed by atoms with van der Waals surface area (Å²) in [4.78, 5) is 11.5. The fourth-order valence-electron chi connectivity index (χ4n) is 1.22. The second-order valence-corrected chi connectivity index (χ2v) is 4.66. The Morgan fingerprint density at radius 3 is 2.41 bits per heavy atom. The highest BCUT2D eigenvalue weighted by atomic mass is 16.6. The monoisotopic (exact) mass is 232 g/mol. The lowest BCUT2D eigenvalue weighted by Gasteiger charge is -2.19. The van der Waals surface area contributed by atoms with Gasteiger partial charge >= 0.3 is 6.09 Å². The SMILES string of the molecule is CC(C)(C)OC(=O)Nc1ccc(CC#N)cc1. The quantitative estimate of drug-likeness (QED) is 0.852. The lowest BCUT2D eigenvalue weighted by molar-refractivity contribution is 0.0636. The van der Waals surface area contributed by atoms with E-state index in [-0.39, 0.29) is 0 Å². The molecule has 1 aromatic carbocycles. The Kier molecular flexibility index (Phi) is 4.11. The van der Waals surface area contributed by atoms with Crippen molar-refractivity contribution in [3.8, 4) is 6.07 Å². The normalized spacial score (nSPS) is 10.5. The molecule has 4 nitrogen and oxygen atoms in total. The van der Waals surface area contributed by atoms with Crippen LogP contribution in [0.4, 0.5) is 10.5 Å². The van der Waals surface area contributed by atoms with Crippen molar-refractivity contribution in [2.45, 2.75) is 32.8 Å². The summed E-state index contributed by atoms with van der Waals surface area (Å²) in [7, 11) is 0. The minimum atomic E-state index is -0.509. The average molecular weight is 232 g/mol. The molecular weight excluding hydrogens is 216 g/mol. The van der Waals surface area contributed by atoms with Gasteiger partial charge in [-0.15, -0.1) is 0 Å². The number of rotatable bonds is 2. The van der Waals surface area contributed by atoms with E-state index < -0.39 is 11.7 Å². The molecule has 0 saturated carbocycles. The molecule has 0 aliphatic rings. The number of carbonyl (C=O) groups is 1. The molecule has 0 saturated heterocycles. The fourth-order valence-corrected chi connectivity index (χ4v) is 1.22. The van der Waals surface area contributed by atoms with Crippen molar-refractivity contribution in [1.29, 1.82) is 5.26 Å². The maximum Gasteiger partial charge on any atom is 0.412 e. The van der Waals surface area contributed by atoms with Crippen LogP contribution in [-0.2, 0) is 11.2 Å². The first-order chi connectivity index (χ1) is 7.90. The molecule has 90 valence electrons. The summed E-state index contributed by atoms with van der Waals surface area (Å²) in [5.74, 6) is 0. The van der Waals surface area contributed by atoms with Gasteiger partial charge in [-0.3, -0.25) is 5.32 Å². The van der Waals surface area contributed by atoms with Crippen LogP contribution in [0.2, 0.25) is 0 Å². The van der Waals surface area contributed by atoms with Crippen molar-refractivity contribution in [3.05, 3.63) is 29.8 Å². The van der Waals surface area contributed by atoms with Crippen LogP contribution in [0.3, 0.4) is 0 Å². The predicted molar refractivity (Wildman–Crippen MR) is 65.6 cm³/mol. The molecule has 4 heteroatoms. The molecule has 0 aliphatic heterocycles. The van der Waals surface area contributed by atoms with Crippen molar-refractivity contribution in [1.82, 2.24) is 0 Å². The number of hydrogen-bond acceptors (Lipinski definition) is 3. The standard InChI is InChI=1S/C13H16N2O2/c1-13(2,3)17-12(16)15-11-6-4-10(5-7-11)8-9-14/h4-7H,8H2,1-3H3,(H,15,16). The number of nitrogens with zero attached hydrogens (tertiary/aromatic N) is 1. The lowest BCUT2D eigenvalue weighted by Crippen LogP contribution is -2.27. The Balaban J connectivity index is 2.58. The zero-order chi connectivity index (χ0) is 12.9. The number of nitrogens with one attached hydrogen (secondary N) is 1. The Bertz CT molecular complexity index is 424. The second-order valence-electron chi connectivity index (χ2n) is 4.66. The number of benzene rings is 1. The van der Waals surface area contributed by atoms with E-state index in [9.17, 15) is 4.79 Å². The minimum Gasteiger partial charge on any atom is -0.444 e. The smallest absolute Gasteiger partial charge is 0.412 e. The topological polar surface area (TPSA) is 62.1 Å². The summed E-state index contributed by atoms with van der Waals surface area (Å²) in [6, 6.07) is 9.16. The van der Waals surface area contributed by atoms with Crippen molar-refractivity contribution in [2.75, 3.05) is 5.32 Å². The summed E-state index contributed by atoms with van der Waals surface area (Å²) in [6.45, 7) is 5.42. The van der Waals surface area contributed by atoms with Crippen molar-refractivity contribution < 1.29 is 9.53 Å². The summed E-state index contributed by atoms with van der Waals surface area (Å²) in [5, 5.41) is 11.1. The largest absolute Gasteiger partial charge is 0.444 e. The Hall–Kier alpha value is -2.02. The predicted octanol–water partition coefficient (Wildman–Crippen LogP) is 3.10. The summed E-state index contributed by atoms with van der Waals surface area (Å²) in [6.07, 6.45) is -0.113. The molecule has 0 radical (unpaired) electrons. The van der Waals surface area contributed by atoms with Gasteiger partial charge in [0.25, 0.3) is 0 Å². The van der Waals surface area contributed by atoms with Crippen LogP contribution in [-0.4, -0.2) is 11.7 Å². The van der Waals surface area contributed by atoms with Gasteiger partial charge in [-0.1, -0.05) is 12.1 Å². The molecule has 1 amide bonds. The van der Waals surface area contributed by atoms with Crippen molar-refractivity contribution >= 4 is 11.8 Å². The van der Waals surface area contributed by atoms with Crippen LogP contribution < -0.4 is 5.32 Å². The Labute approximate surface area is 101 Å². The first-order valence-corrected chi connectivity index (χ1v) is 5.36. The van der Waals surface area contributed by atoms with Crippen LogP contribution in [0.1, 0.15) is 26.3 Å². The van der Waals surface area contributed by atoms with E-state index in [1.54, 1.807) is 24.3 Å². The van der Waals surface area contributed by atoms with Crippen molar-refractivity contribution in [3.63, 3.8) is 0 Å². The highest BCUT2D eigenvalue weighted by Gasteiger charge is 2.15. The molecule has 0 heterocycles. The van der Waals surface area contributed by atoms with Crippen LogP contribution in [0.15, 0.2) is 24.3 Å². The third-order valence-corrected chi connectivity index (χ3v) is 1.88. The van der Waals surface area contributed by atoms with Crippen LogP contribution in [0, 0.1) is 11.3 Å². The molecule has 1 N–H and O–H groups in total. The van der Waals surface area contributed by atoms with Gasteiger partial charge in [0.05, 0.1) is 12.5 Å². The van der Waals surface area contributed by atoms with Gasteiger partial charge in [-0.05, 0) is 38.5 Å². The highest BCUT2D eigenvalue weighted by molar-refractivity contribution is 5.84. The number of anilines is 1. The van der Waals surface area contributed by atoms with E-state index in [1.807, 2.05) is 20.8 Å². The van der Waals surface area contributed by atoms with E-state index in [1.165, 1.54) is 0 Å². The van der Waals surface area contributed by atoms with Crippen LogP contribution in [0.5, 0.6) is 0 Å². The molecule has 0 aromatic heterocycles. The molecular formula is C13H16N2O2. The van der Waals surface area contributed by atoms with Crippen LogP contribution in [0.25, 0.3) is 0 Å². The van der Waals surface area contributed by atoms with Gasteiger partial charge in [-0.25, -0.2) is 4.79 Å². The molecule has 0 spiro atoms. The number of amides is 1. The summed E-state index contributed by atoms with van der Waals surface area (Å²) < 4.78 is 5.12. The zero-order valence-electron chi connectivity index (χ0n) is 10.3. The van der Waals surface area contributed by atoms with Gasteiger partial charge in [0.2, 0.25) is 0 Å². The molecule has 1 rings (SSSR count). The second kappa shape index (κ2) is 5.35. The summed E-state index contributed by atoms with van der Waals surface area (Å²) >= 11 is 0.